The van der Waals surface area contributed by atoms with E-state index in [-0.39, 0.29) is 5.91 Å². The Morgan fingerprint density at radius 3 is 1.45 bits per heavy atom. The molecule has 0 unspecified atom stereocenters. The fraction of sp³-hybridized carbons (Fsp3) is 0.929. The molecule has 0 fully saturated rings. The Morgan fingerprint density at radius 2 is 1.05 bits per heavy atom. The van der Waals surface area contributed by atoms with Gasteiger partial charge in [-0.05, 0) is 13.0 Å². The highest BCUT2D eigenvalue weighted by Crippen LogP contribution is 1.72. The summed E-state index contributed by atoms with van der Waals surface area (Å²) in [4.78, 5) is 11.0. The van der Waals surface area contributed by atoms with Gasteiger partial charge < -0.3 is 26.6 Å². The van der Waals surface area contributed by atoms with E-state index in [0.29, 0.717) is 13.0 Å². The van der Waals surface area contributed by atoms with Crippen LogP contribution in [0.5, 0.6) is 0 Å². The van der Waals surface area contributed by atoms with Crippen LogP contribution in [0.25, 0.3) is 0 Å². The van der Waals surface area contributed by atoms with Crippen LogP contribution in [0, 0.1) is 0 Å². The third kappa shape index (κ3) is 15.4. The van der Waals surface area contributed by atoms with Gasteiger partial charge in [-0.1, -0.05) is 13.8 Å². The van der Waals surface area contributed by atoms with Gasteiger partial charge in [-0.25, -0.2) is 0 Å². The van der Waals surface area contributed by atoms with Crippen molar-refractivity contribution in [1.82, 2.24) is 26.6 Å². The normalized spacial score (nSPS) is 10.7. The molecule has 0 saturated heterocycles. The van der Waals surface area contributed by atoms with Crippen LogP contribution >= 0.6 is 0 Å². The van der Waals surface area contributed by atoms with Gasteiger partial charge in [0.15, 0.2) is 0 Å². The van der Waals surface area contributed by atoms with Gasteiger partial charge in [0.05, 0.1) is 0 Å². The molecule has 0 radical (unpaired) electrons. The fourth-order valence-electron chi connectivity index (χ4n) is 1.62. The Bertz CT molecular complexity index is 214. The van der Waals surface area contributed by atoms with E-state index < -0.39 is 0 Å². The van der Waals surface area contributed by atoms with Gasteiger partial charge in [0, 0.05) is 58.8 Å². The molecule has 6 nitrogen and oxygen atoms in total. The third-order valence-electron chi connectivity index (χ3n) is 2.81. The summed E-state index contributed by atoms with van der Waals surface area (Å²) in [5, 5.41) is 16.2. The lowest BCUT2D eigenvalue weighted by Crippen LogP contribution is -2.37. The molecule has 0 bridgehead atoms. The Labute approximate surface area is 123 Å². The number of rotatable bonds is 15. The van der Waals surface area contributed by atoms with Gasteiger partial charge in [-0.2, -0.15) is 0 Å². The molecule has 0 aromatic carbocycles. The summed E-state index contributed by atoms with van der Waals surface area (Å²) in [5.41, 5.74) is 0. The van der Waals surface area contributed by atoms with E-state index in [1.54, 1.807) is 0 Å². The molecule has 20 heavy (non-hydrogen) atoms. The molecule has 0 aromatic rings. The molecule has 0 atom stereocenters. The maximum absolute atomic E-state index is 11.0. The molecule has 120 valence electrons. The highest BCUT2D eigenvalue weighted by atomic mass is 16.1. The topological polar surface area (TPSA) is 77.2 Å². The third-order valence-corrected chi connectivity index (χ3v) is 2.81. The van der Waals surface area contributed by atoms with Gasteiger partial charge in [0.25, 0.3) is 0 Å². The van der Waals surface area contributed by atoms with Gasteiger partial charge in [0.2, 0.25) is 5.91 Å². The summed E-state index contributed by atoms with van der Waals surface area (Å²) in [6.45, 7) is 12.6. The second-order valence-corrected chi connectivity index (χ2v) is 4.70. The zero-order chi connectivity index (χ0) is 14.9. The zero-order valence-corrected chi connectivity index (χ0v) is 13.2. The number of amides is 1. The molecule has 0 spiro atoms. The van der Waals surface area contributed by atoms with Crippen LogP contribution in [0.1, 0.15) is 26.7 Å². The monoisotopic (exact) mass is 287 g/mol. The Hall–Kier alpha value is -0.690. The first kappa shape index (κ1) is 19.3. The largest absolute Gasteiger partial charge is 0.355 e. The molecule has 5 N–H and O–H groups in total. The van der Waals surface area contributed by atoms with E-state index in [2.05, 4.69) is 33.5 Å². The molecule has 0 aliphatic carbocycles. The van der Waals surface area contributed by atoms with Gasteiger partial charge in [-0.3, -0.25) is 4.79 Å². The van der Waals surface area contributed by atoms with Crippen molar-refractivity contribution in [3.05, 3.63) is 0 Å². The minimum atomic E-state index is 0.115. The fourth-order valence-corrected chi connectivity index (χ4v) is 1.62. The molecular weight excluding hydrogens is 254 g/mol. The molecule has 0 aliphatic heterocycles. The zero-order valence-electron chi connectivity index (χ0n) is 13.2. The SMILES string of the molecule is CCCNCCNCCNCCNCCNC(=O)CC. The van der Waals surface area contributed by atoms with E-state index in [4.69, 9.17) is 0 Å². The van der Waals surface area contributed by atoms with Crippen LogP contribution in [-0.2, 0) is 4.79 Å². The molecular formula is C14H33N5O. The maximum atomic E-state index is 11.0. The molecule has 0 rings (SSSR count). The van der Waals surface area contributed by atoms with E-state index >= 15 is 0 Å². The standard InChI is InChI=1S/C14H33N5O/c1-3-5-15-6-7-16-8-9-17-10-11-18-12-13-19-14(20)4-2/h15-18H,3-13H2,1-2H3,(H,19,20). The Kier molecular flexibility index (Phi) is 15.8. The van der Waals surface area contributed by atoms with Crippen LogP contribution in [0.15, 0.2) is 0 Å². The van der Waals surface area contributed by atoms with Crippen LogP contribution in [-0.4, -0.2) is 64.8 Å². The first-order valence-electron chi connectivity index (χ1n) is 7.90. The second kappa shape index (κ2) is 16.4. The van der Waals surface area contributed by atoms with Gasteiger partial charge in [0.1, 0.15) is 0 Å². The van der Waals surface area contributed by atoms with Crippen molar-refractivity contribution < 1.29 is 4.79 Å². The maximum Gasteiger partial charge on any atom is 0.219 e. The van der Waals surface area contributed by atoms with Crippen molar-refractivity contribution >= 4 is 5.91 Å². The van der Waals surface area contributed by atoms with E-state index in [1.807, 2.05) is 6.92 Å². The van der Waals surface area contributed by atoms with E-state index in [1.165, 1.54) is 6.42 Å². The number of carbonyl (C=O) groups is 1. The molecule has 0 aromatic heterocycles. The van der Waals surface area contributed by atoms with Crippen molar-refractivity contribution in [2.75, 3.05) is 58.9 Å². The van der Waals surface area contributed by atoms with Crippen molar-refractivity contribution in [3.63, 3.8) is 0 Å². The number of hydrogen-bond acceptors (Lipinski definition) is 5. The Morgan fingerprint density at radius 1 is 0.650 bits per heavy atom. The first-order valence-corrected chi connectivity index (χ1v) is 7.90. The minimum absolute atomic E-state index is 0.115. The quantitative estimate of drug-likeness (QED) is 0.257. The number of carbonyl (C=O) groups excluding carboxylic acids is 1. The van der Waals surface area contributed by atoms with Crippen LogP contribution in [0.3, 0.4) is 0 Å². The van der Waals surface area contributed by atoms with Crippen molar-refractivity contribution in [2.24, 2.45) is 0 Å². The smallest absolute Gasteiger partial charge is 0.219 e. The molecule has 1 amide bonds. The highest BCUT2D eigenvalue weighted by molar-refractivity contribution is 5.75. The molecule has 6 heteroatoms. The van der Waals surface area contributed by atoms with Crippen molar-refractivity contribution in [2.45, 2.75) is 26.7 Å². The van der Waals surface area contributed by atoms with Crippen molar-refractivity contribution in [1.29, 1.82) is 0 Å². The van der Waals surface area contributed by atoms with E-state index in [9.17, 15) is 4.79 Å². The second-order valence-electron chi connectivity index (χ2n) is 4.70. The van der Waals surface area contributed by atoms with Crippen LogP contribution in [0.4, 0.5) is 0 Å². The lowest BCUT2D eigenvalue weighted by Gasteiger charge is -2.08. The van der Waals surface area contributed by atoms with Crippen LogP contribution in [0.2, 0.25) is 0 Å². The van der Waals surface area contributed by atoms with E-state index in [0.717, 1.165) is 52.4 Å². The first-order chi connectivity index (χ1) is 9.81. The average molecular weight is 287 g/mol. The lowest BCUT2D eigenvalue weighted by molar-refractivity contribution is -0.120. The van der Waals surface area contributed by atoms with Crippen molar-refractivity contribution in [3.8, 4) is 0 Å². The summed E-state index contributed by atoms with van der Waals surface area (Å²) in [5.74, 6) is 0.115. The summed E-state index contributed by atoms with van der Waals surface area (Å²) in [7, 11) is 0. The number of hydrogen-bond donors (Lipinski definition) is 5. The van der Waals surface area contributed by atoms with Gasteiger partial charge >= 0.3 is 0 Å². The van der Waals surface area contributed by atoms with Crippen LogP contribution < -0.4 is 26.6 Å². The summed E-state index contributed by atoms with van der Waals surface area (Å²) < 4.78 is 0. The summed E-state index contributed by atoms with van der Waals surface area (Å²) in [6, 6.07) is 0. The molecule has 0 aliphatic rings. The predicted molar refractivity (Wildman–Crippen MR) is 85.1 cm³/mol. The van der Waals surface area contributed by atoms with Gasteiger partial charge in [-0.15, -0.1) is 0 Å². The minimum Gasteiger partial charge on any atom is -0.355 e. The number of nitrogens with one attached hydrogen (secondary N) is 5. The molecule has 0 saturated carbocycles. The predicted octanol–water partition coefficient (Wildman–Crippen LogP) is -0.719. The summed E-state index contributed by atoms with van der Waals surface area (Å²) >= 11 is 0. The average Bonchev–Trinajstić information content (AvgIpc) is 2.47. The summed E-state index contributed by atoms with van der Waals surface area (Å²) in [6.07, 6.45) is 1.75. The molecule has 0 heterocycles. The lowest BCUT2D eigenvalue weighted by atomic mass is 10.4. The Balaban J connectivity index is 2.97. The highest BCUT2D eigenvalue weighted by Gasteiger charge is 1.94.